The number of aliphatic imine (C=N–C) groups is 1. The quantitative estimate of drug-likeness (QED) is 0.502. The number of halogens is 1. The van der Waals surface area contributed by atoms with Crippen molar-refractivity contribution < 1.29 is 5.11 Å². The van der Waals surface area contributed by atoms with Crippen molar-refractivity contribution in [3.63, 3.8) is 0 Å². The average molecular weight is 390 g/mol. The van der Waals surface area contributed by atoms with Gasteiger partial charge in [-0.25, -0.2) is 0 Å². The first kappa shape index (κ1) is 19.7. The number of rotatable bonds is 7. The van der Waals surface area contributed by atoms with E-state index in [1.54, 1.807) is 6.20 Å². The fourth-order valence-corrected chi connectivity index (χ4v) is 3.59. The number of nitrogens with zero attached hydrogens (tertiary/aromatic N) is 3. The van der Waals surface area contributed by atoms with E-state index in [9.17, 15) is 5.11 Å². The van der Waals surface area contributed by atoms with E-state index >= 15 is 0 Å². The van der Waals surface area contributed by atoms with Gasteiger partial charge in [-0.05, 0) is 43.5 Å². The van der Waals surface area contributed by atoms with Gasteiger partial charge in [-0.2, -0.15) is 5.10 Å². The SMILES string of the molecule is CCNC(=NCC1(O)CCCC1)NCC(c1ccc(Cl)cc1)n1cccn1. The van der Waals surface area contributed by atoms with Crippen molar-refractivity contribution >= 4 is 17.6 Å². The monoisotopic (exact) mass is 389 g/mol. The van der Waals surface area contributed by atoms with Crippen LogP contribution in [0, 0.1) is 0 Å². The Kier molecular flexibility index (Phi) is 6.74. The Balaban J connectivity index is 1.71. The van der Waals surface area contributed by atoms with Gasteiger partial charge in [-0.3, -0.25) is 9.67 Å². The Morgan fingerprint density at radius 3 is 2.67 bits per heavy atom. The topological polar surface area (TPSA) is 74.5 Å². The zero-order chi connectivity index (χ0) is 19.1. The molecule has 0 saturated heterocycles. The van der Waals surface area contributed by atoms with Crippen molar-refractivity contribution in [2.24, 2.45) is 4.99 Å². The zero-order valence-electron chi connectivity index (χ0n) is 15.7. The minimum Gasteiger partial charge on any atom is -0.388 e. The Labute approximate surface area is 165 Å². The van der Waals surface area contributed by atoms with Gasteiger partial charge >= 0.3 is 0 Å². The highest BCUT2D eigenvalue weighted by Gasteiger charge is 2.30. The summed E-state index contributed by atoms with van der Waals surface area (Å²) in [5, 5.41) is 22.3. The lowest BCUT2D eigenvalue weighted by atomic mass is 10.0. The second kappa shape index (κ2) is 9.24. The molecule has 0 amide bonds. The first-order valence-corrected chi connectivity index (χ1v) is 9.96. The fraction of sp³-hybridized carbons (Fsp3) is 0.500. The van der Waals surface area contributed by atoms with Crippen LogP contribution >= 0.6 is 11.6 Å². The van der Waals surface area contributed by atoms with Crippen molar-refractivity contribution in [2.45, 2.75) is 44.2 Å². The van der Waals surface area contributed by atoms with E-state index in [2.05, 4.69) is 20.7 Å². The third kappa shape index (κ3) is 5.47. The van der Waals surface area contributed by atoms with Crippen molar-refractivity contribution in [1.29, 1.82) is 0 Å². The predicted molar refractivity (Wildman–Crippen MR) is 109 cm³/mol. The number of nitrogens with one attached hydrogen (secondary N) is 2. The number of benzene rings is 1. The molecule has 3 N–H and O–H groups in total. The van der Waals surface area contributed by atoms with Gasteiger partial charge in [0.15, 0.2) is 5.96 Å². The molecule has 0 aliphatic heterocycles. The summed E-state index contributed by atoms with van der Waals surface area (Å²) >= 11 is 6.04. The van der Waals surface area contributed by atoms with E-state index in [-0.39, 0.29) is 6.04 Å². The summed E-state index contributed by atoms with van der Waals surface area (Å²) in [5.74, 6) is 0.712. The Bertz CT molecular complexity index is 723. The molecule has 1 heterocycles. The van der Waals surface area contributed by atoms with Crippen LogP contribution in [0.15, 0.2) is 47.7 Å². The van der Waals surface area contributed by atoms with E-state index < -0.39 is 5.60 Å². The van der Waals surface area contributed by atoms with Crippen molar-refractivity contribution in [3.05, 3.63) is 53.3 Å². The van der Waals surface area contributed by atoms with Gasteiger partial charge < -0.3 is 15.7 Å². The minimum atomic E-state index is -0.653. The van der Waals surface area contributed by atoms with E-state index in [1.807, 2.05) is 48.1 Å². The van der Waals surface area contributed by atoms with Crippen molar-refractivity contribution in [3.8, 4) is 0 Å². The highest BCUT2D eigenvalue weighted by molar-refractivity contribution is 6.30. The van der Waals surface area contributed by atoms with Crippen molar-refractivity contribution in [2.75, 3.05) is 19.6 Å². The molecule has 1 aliphatic carbocycles. The van der Waals surface area contributed by atoms with Crippen LogP contribution in [-0.4, -0.2) is 46.1 Å². The van der Waals surface area contributed by atoms with Gasteiger partial charge in [-0.15, -0.1) is 0 Å². The molecule has 6 nitrogen and oxygen atoms in total. The van der Waals surface area contributed by atoms with Gasteiger partial charge in [0.2, 0.25) is 0 Å². The van der Waals surface area contributed by atoms with E-state index in [0.717, 1.165) is 37.8 Å². The summed E-state index contributed by atoms with van der Waals surface area (Å²) in [6.45, 7) is 3.84. The first-order chi connectivity index (χ1) is 13.1. The molecule has 1 aliphatic rings. The van der Waals surface area contributed by atoms with Crippen LogP contribution < -0.4 is 10.6 Å². The maximum atomic E-state index is 10.6. The van der Waals surface area contributed by atoms with Gasteiger partial charge in [0.1, 0.15) is 0 Å². The van der Waals surface area contributed by atoms with E-state index in [0.29, 0.717) is 24.1 Å². The highest BCUT2D eigenvalue weighted by Crippen LogP contribution is 2.29. The van der Waals surface area contributed by atoms with Crippen molar-refractivity contribution in [1.82, 2.24) is 20.4 Å². The second-order valence-corrected chi connectivity index (χ2v) is 7.50. The van der Waals surface area contributed by atoms with Crippen LogP contribution in [0.3, 0.4) is 0 Å². The molecule has 1 unspecified atom stereocenters. The number of aliphatic hydroxyl groups is 1. The van der Waals surface area contributed by atoms with Crippen LogP contribution in [0.25, 0.3) is 0 Å². The van der Waals surface area contributed by atoms with Gasteiger partial charge in [-0.1, -0.05) is 36.6 Å². The minimum absolute atomic E-state index is 0.00990. The molecule has 1 fully saturated rings. The average Bonchev–Trinajstić information content (AvgIpc) is 3.34. The molecule has 0 spiro atoms. The van der Waals surface area contributed by atoms with Crippen LogP contribution in [-0.2, 0) is 0 Å². The third-order valence-corrected chi connectivity index (χ3v) is 5.22. The largest absolute Gasteiger partial charge is 0.388 e. The third-order valence-electron chi connectivity index (χ3n) is 4.97. The maximum Gasteiger partial charge on any atom is 0.191 e. The lowest BCUT2D eigenvalue weighted by molar-refractivity contribution is 0.0574. The molecule has 2 aromatic rings. The lowest BCUT2D eigenvalue weighted by Crippen LogP contribution is -2.42. The number of aromatic nitrogens is 2. The lowest BCUT2D eigenvalue weighted by Gasteiger charge is -2.23. The van der Waals surface area contributed by atoms with Crippen LogP contribution in [0.1, 0.15) is 44.2 Å². The fourth-order valence-electron chi connectivity index (χ4n) is 3.47. The molecule has 0 radical (unpaired) electrons. The summed E-state index contributed by atoms with van der Waals surface area (Å²) in [6.07, 6.45) is 7.54. The molecule has 1 aromatic carbocycles. The normalized spacial score (nSPS) is 17.7. The van der Waals surface area contributed by atoms with Gasteiger partial charge in [0.05, 0.1) is 18.2 Å². The summed E-state index contributed by atoms with van der Waals surface area (Å²) in [7, 11) is 0. The highest BCUT2D eigenvalue weighted by atomic mass is 35.5. The second-order valence-electron chi connectivity index (χ2n) is 7.06. The summed E-state index contributed by atoms with van der Waals surface area (Å²) < 4.78 is 1.92. The molecule has 0 bridgehead atoms. The molecule has 27 heavy (non-hydrogen) atoms. The Morgan fingerprint density at radius 1 is 1.30 bits per heavy atom. The zero-order valence-corrected chi connectivity index (χ0v) is 16.5. The molecule has 7 heteroatoms. The summed E-state index contributed by atoms with van der Waals surface area (Å²) in [5.41, 5.74) is 0.459. The standard InChI is InChI=1S/C20H28ClN5O/c1-2-22-19(24-15-20(27)10-3-4-11-20)23-14-18(26-13-5-12-25-26)16-6-8-17(21)9-7-16/h5-9,12-13,18,27H,2-4,10-11,14-15H2,1H3,(H2,22,23,24). The van der Waals surface area contributed by atoms with Crippen LogP contribution in [0.5, 0.6) is 0 Å². The smallest absolute Gasteiger partial charge is 0.191 e. The maximum absolute atomic E-state index is 10.6. The molecular weight excluding hydrogens is 362 g/mol. The molecular formula is C20H28ClN5O. The van der Waals surface area contributed by atoms with E-state index in [4.69, 9.17) is 11.6 Å². The van der Waals surface area contributed by atoms with Gasteiger partial charge in [0.25, 0.3) is 0 Å². The number of hydrogen-bond donors (Lipinski definition) is 3. The summed E-state index contributed by atoms with van der Waals surface area (Å²) in [4.78, 5) is 4.62. The molecule has 1 saturated carbocycles. The summed E-state index contributed by atoms with van der Waals surface area (Å²) in [6, 6.07) is 9.74. The Morgan fingerprint density at radius 2 is 2.04 bits per heavy atom. The van der Waals surface area contributed by atoms with Crippen LogP contribution in [0.2, 0.25) is 5.02 Å². The Hall–Kier alpha value is -2.05. The first-order valence-electron chi connectivity index (χ1n) is 9.59. The molecule has 1 aromatic heterocycles. The molecule has 3 rings (SSSR count). The van der Waals surface area contributed by atoms with Crippen LogP contribution in [0.4, 0.5) is 0 Å². The predicted octanol–water partition coefficient (Wildman–Crippen LogP) is 2.99. The number of guanidine groups is 1. The van der Waals surface area contributed by atoms with E-state index in [1.165, 1.54) is 0 Å². The molecule has 1 atom stereocenters. The molecule has 146 valence electrons. The van der Waals surface area contributed by atoms with Gasteiger partial charge in [0, 0.05) is 30.5 Å². The number of hydrogen-bond acceptors (Lipinski definition) is 3.